The van der Waals surface area contributed by atoms with E-state index < -0.39 is 6.04 Å². The first kappa shape index (κ1) is 11.8. The summed E-state index contributed by atoms with van der Waals surface area (Å²) in [5.41, 5.74) is 13.8. The first-order chi connectivity index (χ1) is 8.24. The molecule has 88 valence electrons. The average Bonchev–Trinajstić information content (AvgIpc) is 2.38. The van der Waals surface area contributed by atoms with Crippen LogP contribution in [0.1, 0.15) is 22.7 Å². The summed E-state index contributed by atoms with van der Waals surface area (Å²) in [6, 6.07) is 13.8. The van der Waals surface area contributed by atoms with Crippen LogP contribution >= 0.6 is 0 Å². The first-order valence-corrected chi connectivity index (χ1v) is 5.52. The van der Waals surface area contributed by atoms with E-state index in [0.717, 1.165) is 11.1 Å². The second-order valence-corrected chi connectivity index (χ2v) is 3.91. The molecule has 0 aromatic heterocycles. The lowest BCUT2D eigenvalue weighted by Crippen LogP contribution is -2.17. The third-order valence-electron chi connectivity index (χ3n) is 2.83. The van der Waals surface area contributed by atoms with Gasteiger partial charge in [0.2, 0.25) is 0 Å². The molecule has 0 aliphatic rings. The van der Waals surface area contributed by atoms with E-state index >= 15 is 0 Å². The highest BCUT2D eigenvalue weighted by Gasteiger charge is 2.16. The van der Waals surface area contributed by atoms with Crippen molar-refractivity contribution in [3.63, 3.8) is 0 Å². The van der Waals surface area contributed by atoms with Crippen LogP contribution in [-0.4, -0.2) is 0 Å². The van der Waals surface area contributed by atoms with Gasteiger partial charge in [-0.1, -0.05) is 42.5 Å². The molecule has 0 amide bonds. The van der Waals surface area contributed by atoms with Crippen LogP contribution in [0.4, 0.5) is 4.39 Å². The Morgan fingerprint density at radius 2 is 1.71 bits per heavy atom. The lowest BCUT2D eigenvalue weighted by Gasteiger charge is -2.17. The van der Waals surface area contributed by atoms with Crippen molar-refractivity contribution in [1.29, 1.82) is 0 Å². The summed E-state index contributed by atoms with van der Waals surface area (Å²) < 4.78 is 13.8. The summed E-state index contributed by atoms with van der Waals surface area (Å²) in [6.07, 6.45) is 0. The SMILES string of the molecule is NCc1cccc(F)c1C(N)c1ccccc1. The quantitative estimate of drug-likeness (QED) is 0.850. The number of rotatable bonds is 3. The van der Waals surface area contributed by atoms with Gasteiger partial charge in [-0.3, -0.25) is 0 Å². The third-order valence-corrected chi connectivity index (χ3v) is 2.83. The predicted octanol–water partition coefficient (Wildman–Crippen LogP) is 2.33. The molecule has 0 heterocycles. The lowest BCUT2D eigenvalue weighted by molar-refractivity contribution is 0.595. The van der Waals surface area contributed by atoms with Crippen molar-refractivity contribution < 1.29 is 4.39 Å². The van der Waals surface area contributed by atoms with Crippen molar-refractivity contribution in [3.05, 3.63) is 71.0 Å². The van der Waals surface area contributed by atoms with Gasteiger partial charge in [-0.25, -0.2) is 4.39 Å². The molecule has 3 heteroatoms. The van der Waals surface area contributed by atoms with Crippen LogP contribution in [0.3, 0.4) is 0 Å². The summed E-state index contributed by atoms with van der Waals surface area (Å²) >= 11 is 0. The molecular formula is C14H15FN2. The summed E-state index contributed by atoms with van der Waals surface area (Å²) in [6.45, 7) is 0.285. The maximum Gasteiger partial charge on any atom is 0.128 e. The molecule has 0 bridgehead atoms. The van der Waals surface area contributed by atoms with Gasteiger partial charge >= 0.3 is 0 Å². The first-order valence-electron chi connectivity index (χ1n) is 5.52. The van der Waals surface area contributed by atoms with E-state index in [1.54, 1.807) is 12.1 Å². The Balaban J connectivity index is 2.47. The Morgan fingerprint density at radius 1 is 1.00 bits per heavy atom. The number of benzene rings is 2. The van der Waals surface area contributed by atoms with E-state index in [2.05, 4.69) is 0 Å². The maximum absolute atomic E-state index is 13.8. The minimum Gasteiger partial charge on any atom is -0.326 e. The van der Waals surface area contributed by atoms with Crippen LogP contribution in [0.25, 0.3) is 0 Å². The van der Waals surface area contributed by atoms with Gasteiger partial charge in [-0.2, -0.15) is 0 Å². The van der Waals surface area contributed by atoms with Gasteiger partial charge in [0.1, 0.15) is 5.82 Å². The summed E-state index contributed by atoms with van der Waals surface area (Å²) in [5.74, 6) is -0.302. The fraction of sp³-hybridized carbons (Fsp3) is 0.143. The zero-order chi connectivity index (χ0) is 12.3. The van der Waals surface area contributed by atoms with E-state index in [1.807, 2.05) is 30.3 Å². The molecule has 2 rings (SSSR count). The molecule has 1 unspecified atom stereocenters. The molecule has 17 heavy (non-hydrogen) atoms. The largest absolute Gasteiger partial charge is 0.326 e. The van der Waals surface area contributed by atoms with Gasteiger partial charge in [0, 0.05) is 12.1 Å². The van der Waals surface area contributed by atoms with Crippen molar-refractivity contribution in [2.75, 3.05) is 0 Å². The van der Waals surface area contributed by atoms with Gasteiger partial charge in [0.15, 0.2) is 0 Å². The van der Waals surface area contributed by atoms with Crippen LogP contribution in [0.2, 0.25) is 0 Å². The van der Waals surface area contributed by atoms with Crippen molar-refractivity contribution in [3.8, 4) is 0 Å². The number of halogens is 1. The maximum atomic E-state index is 13.8. The zero-order valence-electron chi connectivity index (χ0n) is 9.44. The third kappa shape index (κ3) is 2.35. The van der Waals surface area contributed by atoms with Crippen molar-refractivity contribution in [1.82, 2.24) is 0 Å². The van der Waals surface area contributed by atoms with E-state index in [9.17, 15) is 4.39 Å². The molecule has 1 atom stereocenters. The minimum absolute atomic E-state index is 0.285. The van der Waals surface area contributed by atoms with E-state index in [0.29, 0.717) is 5.56 Å². The van der Waals surface area contributed by atoms with Gasteiger partial charge in [-0.05, 0) is 17.2 Å². The van der Waals surface area contributed by atoms with Crippen LogP contribution in [-0.2, 0) is 6.54 Å². The van der Waals surface area contributed by atoms with Gasteiger partial charge in [0.25, 0.3) is 0 Å². The molecule has 2 nitrogen and oxygen atoms in total. The van der Waals surface area contributed by atoms with Crippen LogP contribution < -0.4 is 11.5 Å². The molecular weight excluding hydrogens is 215 g/mol. The number of nitrogens with two attached hydrogens (primary N) is 2. The number of hydrogen-bond donors (Lipinski definition) is 2. The number of hydrogen-bond acceptors (Lipinski definition) is 2. The van der Waals surface area contributed by atoms with Crippen LogP contribution in [0.15, 0.2) is 48.5 Å². The summed E-state index contributed by atoms with van der Waals surface area (Å²) in [5, 5.41) is 0. The molecule has 0 saturated carbocycles. The predicted molar refractivity (Wildman–Crippen MR) is 66.8 cm³/mol. The summed E-state index contributed by atoms with van der Waals surface area (Å²) in [4.78, 5) is 0. The zero-order valence-corrected chi connectivity index (χ0v) is 9.44. The molecule has 0 saturated heterocycles. The Hall–Kier alpha value is -1.71. The highest BCUT2D eigenvalue weighted by molar-refractivity contribution is 5.37. The molecule has 0 spiro atoms. The normalized spacial score (nSPS) is 12.4. The smallest absolute Gasteiger partial charge is 0.128 e. The molecule has 2 aromatic rings. The Bertz CT molecular complexity index is 497. The van der Waals surface area contributed by atoms with Gasteiger partial charge < -0.3 is 11.5 Å². The molecule has 0 radical (unpaired) electrons. The fourth-order valence-electron chi connectivity index (χ4n) is 1.94. The highest BCUT2D eigenvalue weighted by Crippen LogP contribution is 2.25. The van der Waals surface area contributed by atoms with E-state index in [1.165, 1.54) is 6.07 Å². The van der Waals surface area contributed by atoms with Crippen molar-refractivity contribution in [2.45, 2.75) is 12.6 Å². The monoisotopic (exact) mass is 230 g/mol. The molecule has 0 aliphatic heterocycles. The topological polar surface area (TPSA) is 52.0 Å². The fourth-order valence-corrected chi connectivity index (χ4v) is 1.94. The van der Waals surface area contributed by atoms with E-state index in [4.69, 9.17) is 11.5 Å². The molecule has 2 aromatic carbocycles. The summed E-state index contributed by atoms with van der Waals surface area (Å²) in [7, 11) is 0. The Labute approximate surface area is 100 Å². The Kier molecular flexibility index (Phi) is 3.52. The molecule has 4 N–H and O–H groups in total. The Morgan fingerprint density at radius 3 is 2.35 bits per heavy atom. The van der Waals surface area contributed by atoms with Crippen molar-refractivity contribution >= 4 is 0 Å². The van der Waals surface area contributed by atoms with Crippen LogP contribution in [0, 0.1) is 5.82 Å². The second-order valence-electron chi connectivity index (χ2n) is 3.91. The molecule has 0 aliphatic carbocycles. The van der Waals surface area contributed by atoms with Gasteiger partial charge in [-0.15, -0.1) is 0 Å². The highest BCUT2D eigenvalue weighted by atomic mass is 19.1. The van der Waals surface area contributed by atoms with Crippen LogP contribution in [0.5, 0.6) is 0 Å². The standard InChI is InChI=1S/C14H15FN2/c15-12-8-4-7-11(9-16)13(12)14(17)10-5-2-1-3-6-10/h1-8,14H,9,16-17H2. The average molecular weight is 230 g/mol. The van der Waals surface area contributed by atoms with Gasteiger partial charge in [0.05, 0.1) is 6.04 Å². The van der Waals surface area contributed by atoms with Crippen molar-refractivity contribution in [2.24, 2.45) is 11.5 Å². The van der Waals surface area contributed by atoms with E-state index in [-0.39, 0.29) is 12.4 Å². The second kappa shape index (κ2) is 5.08. The minimum atomic E-state index is -0.476. The lowest BCUT2D eigenvalue weighted by atomic mass is 9.94. The molecule has 0 fully saturated rings.